The van der Waals surface area contributed by atoms with Crippen LogP contribution in [-0.2, 0) is 9.59 Å². The molecule has 3 aliphatic rings. The van der Waals surface area contributed by atoms with E-state index in [1.807, 2.05) is 54.6 Å². The average molecular weight is 445 g/mol. The summed E-state index contributed by atoms with van der Waals surface area (Å²) in [5.41, 5.74) is 3.66. The molecule has 3 aliphatic heterocycles. The Morgan fingerprint density at radius 2 is 1.42 bits per heavy atom. The first-order valence-corrected chi connectivity index (χ1v) is 12.0. The summed E-state index contributed by atoms with van der Waals surface area (Å²) < 4.78 is 0. The summed E-state index contributed by atoms with van der Waals surface area (Å²) in [7, 11) is 2.14. The van der Waals surface area contributed by atoms with Crippen LogP contribution in [0.1, 0.15) is 25.3 Å². The molecule has 172 valence electrons. The summed E-state index contributed by atoms with van der Waals surface area (Å²) in [6.07, 6.45) is 2.19. The molecule has 1 atom stereocenters. The summed E-state index contributed by atoms with van der Waals surface area (Å²) in [6, 6.07) is 17.5. The van der Waals surface area contributed by atoms with Crippen molar-refractivity contribution in [1.82, 2.24) is 9.80 Å². The minimum absolute atomic E-state index is 0.208. The van der Waals surface area contributed by atoms with Crippen molar-refractivity contribution in [2.45, 2.75) is 19.8 Å². The summed E-state index contributed by atoms with van der Waals surface area (Å²) in [6.45, 7) is 7.86. The topological polar surface area (TPSA) is 47.1 Å². The number of imide groups is 1. The van der Waals surface area contributed by atoms with Gasteiger partial charge >= 0.3 is 0 Å². The monoisotopic (exact) mass is 444 g/mol. The molecule has 2 saturated heterocycles. The Bertz CT molecular complexity index is 1060. The molecule has 6 nitrogen and oxygen atoms in total. The number of carbonyl (C=O) groups is 2. The van der Waals surface area contributed by atoms with Gasteiger partial charge in [-0.15, -0.1) is 0 Å². The lowest BCUT2D eigenvalue weighted by Crippen LogP contribution is -2.44. The van der Waals surface area contributed by atoms with Gasteiger partial charge in [-0.2, -0.15) is 0 Å². The summed E-state index contributed by atoms with van der Waals surface area (Å²) in [4.78, 5) is 35.6. The Morgan fingerprint density at radius 3 is 2.09 bits per heavy atom. The van der Waals surface area contributed by atoms with Crippen molar-refractivity contribution in [3.05, 3.63) is 65.9 Å². The lowest BCUT2D eigenvalue weighted by molar-refractivity contribution is -0.120. The van der Waals surface area contributed by atoms with Gasteiger partial charge in [0.2, 0.25) is 0 Å². The fourth-order valence-corrected chi connectivity index (χ4v) is 5.18. The van der Waals surface area contributed by atoms with E-state index < -0.39 is 0 Å². The van der Waals surface area contributed by atoms with E-state index >= 15 is 0 Å². The van der Waals surface area contributed by atoms with E-state index in [1.165, 1.54) is 4.90 Å². The van der Waals surface area contributed by atoms with Gasteiger partial charge in [-0.1, -0.05) is 37.3 Å². The molecule has 2 aromatic carbocycles. The van der Waals surface area contributed by atoms with Crippen LogP contribution in [0.2, 0.25) is 0 Å². The molecule has 0 saturated carbocycles. The van der Waals surface area contributed by atoms with Crippen molar-refractivity contribution in [2.24, 2.45) is 5.92 Å². The number of benzene rings is 2. The van der Waals surface area contributed by atoms with Gasteiger partial charge in [0.25, 0.3) is 11.8 Å². The molecule has 3 heterocycles. The van der Waals surface area contributed by atoms with Crippen LogP contribution in [0.15, 0.2) is 60.3 Å². The van der Waals surface area contributed by atoms with Crippen LogP contribution < -0.4 is 9.80 Å². The molecule has 0 N–H and O–H groups in total. The van der Waals surface area contributed by atoms with E-state index in [4.69, 9.17) is 0 Å². The Hall–Kier alpha value is -3.12. The fourth-order valence-electron chi connectivity index (χ4n) is 5.18. The summed E-state index contributed by atoms with van der Waals surface area (Å²) >= 11 is 0. The first kappa shape index (κ1) is 21.7. The van der Waals surface area contributed by atoms with E-state index in [0.717, 1.165) is 63.4 Å². The van der Waals surface area contributed by atoms with E-state index in [2.05, 4.69) is 28.7 Å². The third-order valence-corrected chi connectivity index (χ3v) is 7.07. The van der Waals surface area contributed by atoms with Gasteiger partial charge in [-0.3, -0.25) is 9.59 Å². The van der Waals surface area contributed by atoms with Crippen molar-refractivity contribution in [1.29, 1.82) is 0 Å². The van der Waals surface area contributed by atoms with Gasteiger partial charge in [-0.05, 0) is 55.6 Å². The molecule has 0 spiro atoms. The molecule has 2 aromatic rings. The number of likely N-dealkylation sites (N-methyl/N-ethyl adjacent to an activating group) is 1. The largest absolute Gasteiger partial charge is 0.369 e. The number of piperidine rings is 1. The van der Waals surface area contributed by atoms with Crippen LogP contribution >= 0.6 is 0 Å². The lowest BCUT2D eigenvalue weighted by Gasteiger charge is -2.34. The first-order valence-electron chi connectivity index (χ1n) is 12.0. The second-order valence-electron chi connectivity index (χ2n) is 9.54. The van der Waals surface area contributed by atoms with Crippen molar-refractivity contribution in [3.8, 4) is 0 Å². The number of anilines is 2. The average Bonchev–Trinajstić information content (AvgIpc) is 3.10. The predicted octanol–water partition coefficient (Wildman–Crippen LogP) is 3.45. The minimum Gasteiger partial charge on any atom is -0.369 e. The zero-order valence-corrected chi connectivity index (χ0v) is 19.5. The van der Waals surface area contributed by atoms with Crippen molar-refractivity contribution in [2.75, 3.05) is 56.1 Å². The Balaban J connectivity index is 1.46. The number of hydrogen-bond acceptors (Lipinski definition) is 5. The highest BCUT2D eigenvalue weighted by Gasteiger charge is 2.43. The highest BCUT2D eigenvalue weighted by atomic mass is 16.2. The standard InChI is InChI=1S/C27H32N4O2/c1-20-7-6-14-30(19-20)25-24(21-8-4-3-5-9-21)26(32)31(27(25)33)23-12-10-22(11-13-23)29-17-15-28(2)16-18-29/h3-5,8-13,20H,6-7,14-19H2,1-2H3. The second-order valence-corrected chi connectivity index (χ2v) is 9.54. The van der Waals surface area contributed by atoms with Crippen LogP contribution in [-0.4, -0.2) is 67.9 Å². The normalized spacial score (nSPS) is 22.5. The lowest BCUT2D eigenvalue weighted by atomic mass is 9.98. The zero-order valence-electron chi connectivity index (χ0n) is 19.5. The number of amides is 2. The van der Waals surface area contributed by atoms with Crippen molar-refractivity contribution >= 4 is 28.8 Å². The zero-order chi connectivity index (χ0) is 22.9. The fraction of sp³-hybridized carbons (Fsp3) is 0.407. The van der Waals surface area contributed by atoms with E-state index in [9.17, 15) is 9.59 Å². The van der Waals surface area contributed by atoms with Gasteiger partial charge in [0.1, 0.15) is 5.70 Å². The maximum absolute atomic E-state index is 13.7. The van der Waals surface area contributed by atoms with Gasteiger partial charge in [-0.25, -0.2) is 4.90 Å². The summed E-state index contributed by atoms with van der Waals surface area (Å²) in [5.74, 6) is 0.0650. The minimum atomic E-state index is -0.230. The Morgan fingerprint density at radius 1 is 0.758 bits per heavy atom. The molecule has 0 aliphatic carbocycles. The number of nitrogens with zero attached hydrogens (tertiary/aromatic N) is 4. The molecule has 0 aromatic heterocycles. The molecule has 5 rings (SSSR count). The number of rotatable bonds is 4. The Labute approximate surface area is 196 Å². The molecule has 2 fully saturated rings. The van der Waals surface area contributed by atoms with Crippen LogP contribution in [0.5, 0.6) is 0 Å². The highest BCUT2D eigenvalue weighted by Crippen LogP contribution is 2.37. The van der Waals surface area contributed by atoms with Crippen LogP contribution in [0, 0.1) is 5.92 Å². The number of likely N-dealkylation sites (tertiary alicyclic amines) is 1. The second kappa shape index (κ2) is 9.02. The van der Waals surface area contributed by atoms with Crippen LogP contribution in [0.4, 0.5) is 11.4 Å². The summed E-state index contributed by atoms with van der Waals surface area (Å²) in [5, 5.41) is 0. The number of hydrogen-bond donors (Lipinski definition) is 0. The molecule has 0 radical (unpaired) electrons. The number of carbonyl (C=O) groups excluding carboxylic acids is 2. The van der Waals surface area contributed by atoms with Crippen LogP contribution in [0.25, 0.3) is 5.57 Å². The SMILES string of the molecule is CC1CCCN(C2=C(c3ccccc3)C(=O)N(c3ccc(N4CCN(C)CC4)cc3)C2=O)C1. The maximum Gasteiger partial charge on any atom is 0.282 e. The molecular formula is C27H32N4O2. The van der Waals surface area contributed by atoms with Crippen LogP contribution in [0.3, 0.4) is 0 Å². The van der Waals surface area contributed by atoms with E-state index in [0.29, 0.717) is 22.9 Å². The third-order valence-electron chi connectivity index (χ3n) is 7.07. The molecule has 6 heteroatoms. The first-order chi connectivity index (χ1) is 16.0. The van der Waals surface area contributed by atoms with Crippen molar-refractivity contribution < 1.29 is 9.59 Å². The van der Waals surface area contributed by atoms with Gasteiger partial charge in [0.15, 0.2) is 0 Å². The van der Waals surface area contributed by atoms with Gasteiger partial charge in [0, 0.05) is 45.0 Å². The molecule has 33 heavy (non-hydrogen) atoms. The molecule has 0 bridgehead atoms. The third kappa shape index (κ3) is 4.15. The Kier molecular flexibility index (Phi) is 5.94. The smallest absolute Gasteiger partial charge is 0.282 e. The quantitative estimate of drug-likeness (QED) is 0.676. The number of piperazine rings is 1. The molecular weight excluding hydrogens is 412 g/mol. The van der Waals surface area contributed by atoms with E-state index in [1.54, 1.807) is 0 Å². The van der Waals surface area contributed by atoms with Crippen molar-refractivity contribution in [3.63, 3.8) is 0 Å². The van der Waals surface area contributed by atoms with Gasteiger partial charge < -0.3 is 14.7 Å². The van der Waals surface area contributed by atoms with Gasteiger partial charge in [0.05, 0.1) is 11.3 Å². The highest BCUT2D eigenvalue weighted by molar-refractivity contribution is 6.45. The predicted molar refractivity (Wildman–Crippen MR) is 132 cm³/mol. The molecule has 1 unspecified atom stereocenters. The molecule has 2 amide bonds. The maximum atomic E-state index is 13.7. The van der Waals surface area contributed by atoms with E-state index in [-0.39, 0.29) is 11.8 Å².